The zero-order valence-electron chi connectivity index (χ0n) is 11.4. The van der Waals surface area contributed by atoms with Gasteiger partial charge >= 0.3 is 5.76 Å². The molecule has 2 aromatic rings. The summed E-state index contributed by atoms with van der Waals surface area (Å²) >= 11 is 3.54. The van der Waals surface area contributed by atoms with E-state index in [1.165, 1.54) is 0 Å². The maximum Gasteiger partial charge on any atom is 0.434 e. The Balaban J connectivity index is 1.80. The van der Waals surface area contributed by atoms with Crippen LogP contribution in [-0.4, -0.2) is 22.3 Å². The molecule has 112 valence electrons. The van der Waals surface area contributed by atoms with Gasteiger partial charge in [-0.3, -0.25) is 0 Å². The van der Waals surface area contributed by atoms with Crippen molar-refractivity contribution < 1.29 is 4.42 Å². The first kappa shape index (κ1) is 14.3. The Morgan fingerprint density at radius 2 is 2.10 bits per heavy atom. The van der Waals surface area contributed by atoms with Crippen LogP contribution in [0.1, 0.15) is 25.7 Å². The van der Waals surface area contributed by atoms with E-state index in [0.29, 0.717) is 18.0 Å². The molecule has 1 aromatic carbocycles. The first-order chi connectivity index (χ1) is 10.1. The van der Waals surface area contributed by atoms with Gasteiger partial charge in [-0.2, -0.15) is 0 Å². The van der Waals surface area contributed by atoms with Crippen molar-refractivity contribution in [1.82, 2.24) is 10.2 Å². The number of benzene rings is 1. The van der Waals surface area contributed by atoms with E-state index in [1.54, 1.807) is 0 Å². The highest BCUT2D eigenvalue weighted by Crippen LogP contribution is 2.30. The van der Waals surface area contributed by atoms with Crippen molar-refractivity contribution in [3.05, 3.63) is 33.2 Å². The Kier molecular flexibility index (Phi) is 4.12. The summed E-state index contributed by atoms with van der Waals surface area (Å²) in [6.07, 6.45) is 4.22. The number of hydrogen-bond acceptors (Lipinski definition) is 5. The van der Waals surface area contributed by atoms with Crippen LogP contribution >= 0.6 is 15.9 Å². The molecule has 0 unspecified atom stereocenters. The largest absolute Gasteiger partial charge is 0.434 e. The molecule has 0 amide bonds. The second-order valence-corrected chi connectivity index (χ2v) is 6.22. The minimum Gasteiger partial charge on any atom is -0.388 e. The Bertz CT molecular complexity index is 674. The molecule has 4 N–H and O–H groups in total. The van der Waals surface area contributed by atoms with E-state index in [0.717, 1.165) is 41.4 Å². The van der Waals surface area contributed by atoms with E-state index in [9.17, 15) is 4.79 Å². The molecule has 0 aliphatic heterocycles. The smallest absolute Gasteiger partial charge is 0.388 e. The van der Waals surface area contributed by atoms with Crippen LogP contribution < -0.4 is 16.8 Å². The summed E-state index contributed by atoms with van der Waals surface area (Å²) in [5, 5.41) is 9.65. The summed E-state index contributed by atoms with van der Waals surface area (Å²) in [6.45, 7) is 0. The molecule has 6 nitrogen and oxygen atoms in total. The normalized spacial score (nSPS) is 22.2. The van der Waals surface area contributed by atoms with Crippen LogP contribution in [0.15, 0.2) is 31.9 Å². The summed E-state index contributed by atoms with van der Waals surface area (Å²) in [7, 11) is 0. The van der Waals surface area contributed by atoms with Crippen molar-refractivity contribution in [1.29, 1.82) is 0 Å². The summed E-state index contributed by atoms with van der Waals surface area (Å²) in [4.78, 5) is 11.0. The summed E-state index contributed by atoms with van der Waals surface area (Å²) in [5.41, 5.74) is 7.66. The standard InChI is InChI=1S/C14H17BrN4O2/c15-11-6-1-8(13-18-19-14(20)21-13)7-12(11)17-10-4-2-9(16)3-5-10/h1,6-7,9-10,17H,2-5,16H2,(H,19,20)/t9-,10-. The molecule has 7 heteroatoms. The van der Waals surface area contributed by atoms with E-state index in [1.807, 2.05) is 18.2 Å². The summed E-state index contributed by atoms with van der Waals surface area (Å²) in [6, 6.07) is 6.45. The van der Waals surface area contributed by atoms with Crippen molar-refractivity contribution in [3.63, 3.8) is 0 Å². The summed E-state index contributed by atoms with van der Waals surface area (Å²) in [5.74, 6) is -0.259. The molecular weight excluding hydrogens is 336 g/mol. The molecule has 1 fully saturated rings. The Morgan fingerprint density at radius 3 is 2.76 bits per heavy atom. The maximum atomic E-state index is 11.0. The minimum atomic E-state index is -0.552. The molecule has 1 heterocycles. The molecule has 0 radical (unpaired) electrons. The first-order valence-corrected chi connectivity index (χ1v) is 7.78. The highest BCUT2D eigenvalue weighted by molar-refractivity contribution is 9.10. The number of aromatic nitrogens is 2. The zero-order valence-corrected chi connectivity index (χ0v) is 13.0. The van der Waals surface area contributed by atoms with Crippen molar-refractivity contribution in [3.8, 4) is 11.5 Å². The fourth-order valence-electron chi connectivity index (χ4n) is 2.61. The van der Waals surface area contributed by atoms with Crippen LogP contribution in [0.5, 0.6) is 0 Å². The van der Waals surface area contributed by atoms with Crippen LogP contribution in [0.3, 0.4) is 0 Å². The molecule has 0 bridgehead atoms. The molecule has 1 aliphatic rings. The lowest BCUT2D eigenvalue weighted by atomic mass is 9.91. The maximum absolute atomic E-state index is 11.0. The van der Waals surface area contributed by atoms with Gasteiger partial charge in [0.25, 0.3) is 0 Å². The Hall–Kier alpha value is -1.60. The number of hydrogen-bond donors (Lipinski definition) is 3. The number of nitrogens with one attached hydrogen (secondary N) is 2. The van der Waals surface area contributed by atoms with E-state index < -0.39 is 5.76 Å². The van der Waals surface area contributed by atoms with Gasteiger partial charge in [-0.15, -0.1) is 5.10 Å². The Morgan fingerprint density at radius 1 is 1.33 bits per heavy atom. The van der Waals surface area contributed by atoms with Crippen molar-refractivity contribution >= 4 is 21.6 Å². The van der Waals surface area contributed by atoms with Gasteiger partial charge in [-0.05, 0) is 59.8 Å². The lowest BCUT2D eigenvalue weighted by molar-refractivity contribution is 0.411. The average Bonchev–Trinajstić information content (AvgIpc) is 2.90. The van der Waals surface area contributed by atoms with Gasteiger partial charge in [-0.25, -0.2) is 9.89 Å². The number of aromatic amines is 1. The molecule has 3 rings (SSSR count). The van der Waals surface area contributed by atoms with E-state index in [2.05, 4.69) is 31.4 Å². The van der Waals surface area contributed by atoms with Crippen LogP contribution in [-0.2, 0) is 0 Å². The van der Waals surface area contributed by atoms with E-state index in [4.69, 9.17) is 10.2 Å². The topological polar surface area (TPSA) is 96.9 Å². The molecule has 0 saturated heterocycles. The molecule has 1 saturated carbocycles. The molecular formula is C14H17BrN4O2. The second-order valence-electron chi connectivity index (χ2n) is 5.37. The number of nitrogens with two attached hydrogens (primary N) is 1. The predicted molar refractivity (Wildman–Crippen MR) is 84.1 cm³/mol. The van der Waals surface area contributed by atoms with Gasteiger partial charge < -0.3 is 15.5 Å². The van der Waals surface area contributed by atoms with Gasteiger partial charge in [0.2, 0.25) is 5.89 Å². The lowest BCUT2D eigenvalue weighted by Crippen LogP contribution is -2.32. The predicted octanol–water partition coefficient (Wildman–Crippen LogP) is 2.47. The van der Waals surface area contributed by atoms with Crippen molar-refractivity contribution in [2.45, 2.75) is 37.8 Å². The van der Waals surface area contributed by atoms with Crippen LogP contribution in [0, 0.1) is 0 Å². The van der Waals surface area contributed by atoms with E-state index in [-0.39, 0.29) is 0 Å². The minimum absolute atomic E-state index is 0.293. The van der Waals surface area contributed by atoms with E-state index >= 15 is 0 Å². The molecule has 1 aliphatic carbocycles. The zero-order chi connectivity index (χ0) is 14.8. The third kappa shape index (κ3) is 3.36. The highest BCUT2D eigenvalue weighted by atomic mass is 79.9. The first-order valence-electron chi connectivity index (χ1n) is 6.99. The number of rotatable bonds is 3. The van der Waals surface area contributed by atoms with Crippen molar-refractivity contribution in [2.24, 2.45) is 5.73 Å². The summed E-state index contributed by atoms with van der Waals surface area (Å²) < 4.78 is 5.96. The number of nitrogens with zero attached hydrogens (tertiary/aromatic N) is 1. The van der Waals surface area contributed by atoms with Gasteiger partial charge in [0.1, 0.15) is 0 Å². The Labute approximate surface area is 130 Å². The van der Waals surface area contributed by atoms with Gasteiger partial charge in [-0.1, -0.05) is 0 Å². The third-order valence-corrected chi connectivity index (χ3v) is 4.47. The SMILES string of the molecule is N[C@H]1CC[C@H](Nc2cc(-c3n[nH]c(=O)o3)ccc2Br)CC1. The fraction of sp³-hybridized carbons (Fsp3) is 0.429. The average molecular weight is 353 g/mol. The van der Waals surface area contributed by atoms with Crippen LogP contribution in [0.2, 0.25) is 0 Å². The van der Waals surface area contributed by atoms with Crippen LogP contribution in [0.25, 0.3) is 11.5 Å². The van der Waals surface area contributed by atoms with Gasteiger partial charge in [0.05, 0.1) is 0 Å². The molecule has 21 heavy (non-hydrogen) atoms. The second kappa shape index (κ2) is 6.03. The van der Waals surface area contributed by atoms with Crippen LogP contribution in [0.4, 0.5) is 5.69 Å². The number of H-pyrrole nitrogens is 1. The molecule has 1 aromatic heterocycles. The quantitative estimate of drug-likeness (QED) is 0.788. The van der Waals surface area contributed by atoms with Crippen molar-refractivity contribution in [2.75, 3.05) is 5.32 Å². The number of halogens is 1. The highest BCUT2D eigenvalue weighted by Gasteiger charge is 2.19. The number of anilines is 1. The lowest BCUT2D eigenvalue weighted by Gasteiger charge is -2.28. The molecule has 0 spiro atoms. The monoisotopic (exact) mass is 352 g/mol. The van der Waals surface area contributed by atoms with Gasteiger partial charge in [0.15, 0.2) is 0 Å². The third-order valence-electron chi connectivity index (χ3n) is 3.78. The van der Waals surface area contributed by atoms with Gasteiger partial charge in [0, 0.05) is 27.8 Å². The fourth-order valence-corrected chi connectivity index (χ4v) is 2.97. The molecule has 0 atom stereocenters.